The van der Waals surface area contributed by atoms with Crippen molar-refractivity contribution in [3.8, 4) is 0 Å². The fourth-order valence-electron chi connectivity index (χ4n) is 3.83. The molecule has 0 atom stereocenters. The van der Waals surface area contributed by atoms with Gasteiger partial charge in [-0.3, -0.25) is 9.89 Å². The van der Waals surface area contributed by atoms with E-state index < -0.39 is 0 Å². The van der Waals surface area contributed by atoms with Gasteiger partial charge in [0.15, 0.2) is 5.65 Å². The van der Waals surface area contributed by atoms with Crippen LogP contribution in [-0.2, 0) is 20.0 Å². The van der Waals surface area contributed by atoms with Crippen LogP contribution in [0.25, 0.3) is 32.2 Å². The van der Waals surface area contributed by atoms with Crippen molar-refractivity contribution in [2.45, 2.75) is 13.0 Å². The number of thiazole rings is 1. The molecule has 30 heavy (non-hydrogen) atoms. The van der Waals surface area contributed by atoms with E-state index >= 15 is 0 Å². The Bertz CT molecular complexity index is 1590. The molecule has 0 spiro atoms. The zero-order valence-corrected chi connectivity index (χ0v) is 16.7. The molecule has 0 aliphatic carbocycles. The molecular formula is C20H15N7O2S. The van der Waals surface area contributed by atoms with Gasteiger partial charge in [0.25, 0.3) is 5.56 Å². The summed E-state index contributed by atoms with van der Waals surface area (Å²) in [5.74, 6) is 0. The van der Waals surface area contributed by atoms with Crippen molar-refractivity contribution in [1.82, 2.24) is 34.7 Å². The average Bonchev–Trinajstić information content (AvgIpc) is 3.52. The zero-order chi connectivity index (χ0) is 20.2. The molecule has 0 aliphatic rings. The van der Waals surface area contributed by atoms with Gasteiger partial charge in [0.2, 0.25) is 0 Å². The first-order valence-corrected chi connectivity index (χ1v) is 10.1. The highest BCUT2D eigenvalue weighted by Crippen LogP contribution is 2.31. The Morgan fingerprint density at radius 2 is 2.13 bits per heavy atom. The van der Waals surface area contributed by atoms with Crippen LogP contribution in [0.1, 0.15) is 16.3 Å². The summed E-state index contributed by atoms with van der Waals surface area (Å²) < 4.78 is 9.20. The van der Waals surface area contributed by atoms with Gasteiger partial charge in [-0.05, 0) is 11.6 Å². The summed E-state index contributed by atoms with van der Waals surface area (Å²) in [6.07, 6.45) is 5.67. The van der Waals surface area contributed by atoms with E-state index in [1.165, 1.54) is 4.68 Å². The lowest BCUT2D eigenvalue weighted by Gasteiger charge is -2.07. The number of benzene rings is 1. The Morgan fingerprint density at radius 1 is 1.20 bits per heavy atom. The number of rotatable bonds is 4. The van der Waals surface area contributed by atoms with Gasteiger partial charge in [-0.1, -0.05) is 17.3 Å². The van der Waals surface area contributed by atoms with Gasteiger partial charge < -0.3 is 9.09 Å². The van der Waals surface area contributed by atoms with Crippen LogP contribution < -0.4 is 5.56 Å². The highest BCUT2D eigenvalue weighted by molar-refractivity contribution is 7.19. The van der Waals surface area contributed by atoms with Crippen molar-refractivity contribution in [1.29, 1.82) is 0 Å². The molecule has 0 unspecified atom stereocenters. The maximum absolute atomic E-state index is 13.2. The first kappa shape index (κ1) is 17.1. The number of nitrogens with one attached hydrogen (secondary N) is 1. The molecule has 0 radical (unpaired) electrons. The van der Waals surface area contributed by atoms with E-state index in [4.69, 9.17) is 9.51 Å². The fraction of sp³-hybridized carbons (Fsp3) is 0.150. The summed E-state index contributed by atoms with van der Waals surface area (Å²) >= 11 is 1.55. The van der Waals surface area contributed by atoms with Crippen LogP contribution in [-0.4, -0.2) is 34.7 Å². The third-order valence-electron chi connectivity index (χ3n) is 5.29. The molecule has 6 rings (SSSR count). The molecule has 0 bridgehead atoms. The molecule has 5 aromatic heterocycles. The van der Waals surface area contributed by atoms with Gasteiger partial charge in [-0.15, -0.1) is 11.3 Å². The van der Waals surface area contributed by atoms with Gasteiger partial charge in [-0.25, -0.2) is 9.67 Å². The summed E-state index contributed by atoms with van der Waals surface area (Å²) in [4.78, 5) is 18.0. The van der Waals surface area contributed by atoms with Crippen molar-refractivity contribution in [3.63, 3.8) is 0 Å². The summed E-state index contributed by atoms with van der Waals surface area (Å²) in [6, 6.07) is 7.71. The normalized spacial score (nSPS) is 11.9. The Morgan fingerprint density at radius 3 is 3.00 bits per heavy atom. The summed E-state index contributed by atoms with van der Waals surface area (Å²) in [6.45, 7) is 0.370. The van der Waals surface area contributed by atoms with Crippen molar-refractivity contribution in [3.05, 3.63) is 69.5 Å². The Labute approximate surface area is 172 Å². The third kappa shape index (κ3) is 2.50. The predicted molar refractivity (Wildman–Crippen MR) is 113 cm³/mol. The molecule has 0 aliphatic heterocycles. The van der Waals surface area contributed by atoms with Crippen molar-refractivity contribution >= 4 is 43.5 Å². The van der Waals surface area contributed by atoms with E-state index in [-0.39, 0.29) is 5.56 Å². The maximum atomic E-state index is 13.2. The van der Waals surface area contributed by atoms with E-state index in [0.717, 1.165) is 42.9 Å². The zero-order valence-electron chi connectivity index (χ0n) is 15.9. The lowest BCUT2D eigenvalue weighted by atomic mass is 10.1. The smallest absolute Gasteiger partial charge is 0.291 e. The van der Waals surface area contributed by atoms with Crippen LogP contribution in [0.3, 0.4) is 0 Å². The molecule has 5 heterocycles. The number of aromatic amines is 1. The number of hydrogen-bond donors (Lipinski definition) is 1. The standard InChI is InChI=1S/C20H15N7O2S/c1-26-17-14(18-19(26)23-16(30-18)7-12-5-6-29-25-12)9-22-27(20(17)28)10-11-3-2-4-15-13(11)8-21-24-15/h2-6,8-9H,7,10H2,1H3,(H,21,24). The summed E-state index contributed by atoms with van der Waals surface area (Å²) in [5.41, 5.74) is 3.99. The van der Waals surface area contributed by atoms with Gasteiger partial charge in [0.1, 0.15) is 16.8 Å². The Balaban J connectivity index is 1.45. The molecule has 1 aromatic carbocycles. The SMILES string of the molecule is Cn1c2nc(Cc3ccon3)sc2c2cnn(Cc3cccc4[nH]ncc34)c(=O)c21. The monoisotopic (exact) mass is 417 g/mol. The molecule has 0 amide bonds. The van der Waals surface area contributed by atoms with Gasteiger partial charge in [-0.2, -0.15) is 10.2 Å². The van der Waals surface area contributed by atoms with Crippen LogP contribution in [0.15, 0.2) is 52.2 Å². The van der Waals surface area contributed by atoms with Crippen LogP contribution in [0.4, 0.5) is 0 Å². The highest BCUT2D eigenvalue weighted by atomic mass is 32.1. The maximum Gasteiger partial charge on any atom is 0.291 e. The average molecular weight is 417 g/mol. The van der Waals surface area contributed by atoms with Crippen molar-refractivity contribution < 1.29 is 4.52 Å². The second kappa shape index (κ2) is 6.36. The van der Waals surface area contributed by atoms with Gasteiger partial charge in [0, 0.05) is 30.3 Å². The number of fused-ring (bicyclic) bond motifs is 4. The number of nitrogens with zero attached hydrogens (tertiary/aromatic N) is 6. The van der Waals surface area contributed by atoms with E-state index in [2.05, 4.69) is 20.5 Å². The van der Waals surface area contributed by atoms with E-state index in [1.54, 1.807) is 30.0 Å². The molecule has 0 saturated carbocycles. The second-order valence-corrected chi connectivity index (χ2v) is 8.19. The van der Waals surface area contributed by atoms with Crippen LogP contribution in [0, 0.1) is 0 Å². The molecular weight excluding hydrogens is 402 g/mol. The van der Waals surface area contributed by atoms with Crippen molar-refractivity contribution in [2.24, 2.45) is 7.05 Å². The van der Waals surface area contributed by atoms with Crippen molar-refractivity contribution in [2.75, 3.05) is 0 Å². The lowest BCUT2D eigenvalue weighted by molar-refractivity contribution is 0.413. The van der Waals surface area contributed by atoms with E-state index in [1.807, 2.05) is 35.9 Å². The minimum atomic E-state index is -0.140. The minimum Gasteiger partial charge on any atom is -0.364 e. The number of hydrogen-bond acceptors (Lipinski definition) is 7. The van der Waals surface area contributed by atoms with Crippen LogP contribution in [0.5, 0.6) is 0 Å². The van der Waals surface area contributed by atoms with Crippen LogP contribution in [0.2, 0.25) is 0 Å². The Kier molecular flexibility index (Phi) is 3.62. The minimum absolute atomic E-state index is 0.140. The molecule has 0 saturated heterocycles. The molecule has 1 N–H and O–H groups in total. The first-order chi connectivity index (χ1) is 14.7. The predicted octanol–water partition coefficient (Wildman–Crippen LogP) is 2.85. The van der Waals surface area contributed by atoms with Crippen LogP contribution >= 0.6 is 11.3 Å². The molecule has 148 valence electrons. The number of aromatic nitrogens is 7. The van der Waals surface area contributed by atoms with E-state index in [9.17, 15) is 4.79 Å². The number of H-pyrrole nitrogens is 1. The third-order valence-corrected chi connectivity index (χ3v) is 6.37. The summed E-state index contributed by atoms with van der Waals surface area (Å²) in [5, 5.41) is 18.2. The second-order valence-electron chi connectivity index (χ2n) is 7.10. The molecule has 9 nitrogen and oxygen atoms in total. The lowest BCUT2D eigenvalue weighted by Crippen LogP contribution is -2.24. The summed E-state index contributed by atoms with van der Waals surface area (Å²) in [7, 11) is 1.87. The van der Waals surface area contributed by atoms with Gasteiger partial charge >= 0.3 is 0 Å². The quantitative estimate of drug-likeness (QED) is 0.473. The van der Waals surface area contributed by atoms with Gasteiger partial charge in [0.05, 0.1) is 34.8 Å². The fourth-order valence-corrected chi connectivity index (χ4v) is 4.95. The largest absolute Gasteiger partial charge is 0.364 e. The molecule has 10 heteroatoms. The topological polar surface area (TPSA) is 107 Å². The Hall–Kier alpha value is -3.79. The highest BCUT2D eigenvalue weighted by Gasteiger charge is 2.19. The molecule has 0 fully saturated rings. The number of aryl methyl sites for hydroxylation is 1. The van der Waals surface area contributed by atoms with E-state index in [0.29, 0.717) is 18.5 Å². The first-order valence-electron chi connectivity index (χ1n) is 9.33. The molecule has 6 aromatic rings.